The molecule has 0 spiro atoms. The molecule has 0 aliphatic carbocycles. The highest BCUT2D eigenvalue weighted by atomic mass is 32.2. The molecule has 1 saturated heterocycles. The molecule has 1 aliphatic heterocycles. The Morgan fingerprint density at radius 2 is 1.77 bits per heavy atom. The van der Waals surface area contributed by atoms with Gasteiger partial charge in [-0.1, -0.05) is 36.8 Å². The van der Waals surface area contributed by atoms with E-state index in [4.69, 9.17) is 0 Å². The number of benzene rings is 2. The van der Waals surface area contributed by atoms with E-state index in [1.807, 2.05) is 0 Å². The Labute approximate surface area is 176 Å². The summed E-state index contributed by atoms with van der Waals surface area (Å²) in [6.07, 6.45) is 1.45. The van der Waals surface area contributed by atoms with Crippen LogP contribution in [0.5, 0.6) is 0 Å². The summed E-state index contributed by atoms with van der Waals surface area (Å²) in [5.41, 5.74) is 1.40. The van der Waals surface area contributed by atoms with Crippen molar-refractivity contribution < 1.29 is 22.7 Å². The van der Waals surface area contributed by atoms with Crippen molar-refractivity contribution in [2.24, 2.45) is 0 Å². The molecule has 160 valence electrons. The molecule has 2 aromatic carbocycles. The summed E-state index contributed by atoms with van der Waals surface area (Å²) in [7, 11) is -2.45. The first-order chi connectivity index (χ1) is 14.4. The fourth-order valence-electron chi connectivity index (χ4n) is 3.36. The number of nitrogens with zero attached hydrogens (tertiary/aromatic N) is 1. The maximum atomic E-state index is 13.0. The van der Waals surface area contributed by atoms with E-state index in [0.29, 0.717) is 18.7 Å². The number of carbonyl (C=O) groups excluding carboxylic acids is 2. The molecule has 1 atom stereocenters. The van der Waals surface area contributed by atoms with Gasteiger partial charge in [-0.25, -0.2) is 13.2 Å². The van der Waals surface area contributed by atoms with Gasteiger partial charge in [-0.15, -0.1) is 0 Å². The Bertz CT molecular complexity index is 977. The standard InChI is InChI=1S/C21H25N3O5S/c1-29-21(26)23-17-12-10-16(11-13-17)15-22-20(25)19-9-5-6-14-24(19)30(27,28)18-7-3-2-4-8-18/h2-4,7-8,10-13,19H,5-6,9,14-15H2,1H3,(H,22,25)(H,23,26). The first kappa shape index (κ1) is 21.8. The molecule has 2 N–H and O–H groups in total. The number of nitrogens with one attached hydrogen (secondary N) is 2. The molecule has 2 amide bonds. The van der Waals surface area contributed by atoms with Gasteiger partial charge >= 0.3 is 6.09 Å². The van der Waals surface area contributed by atoms with Crippen LogP contribution in [0.2, 0.25) is 0 Å². The molecule has 1 heterocycles. The summed E-state index contributed by atoms with van der Waals surface area (Å²) < 4.78 is 31.9. The zero-order valence-corrected chi connectivity index (χ0v) is 17.5. The van der Waals surface area contributed by atoms with Crippen LogP contribution in [0, 0.1) is 0 Å². The minimum absolute atomic E-state index is 0.193. The predicted octanol–water partition coefficient (Wildman–Crippen LogP) is 2.72. The first-order valence-corrected chi connectivity index (χ1v) is 11.1. The minimum atomic E-state index is -3.74. The van der Waals surface area contributed by atoms with Crippen molar-refractivity contribution in [2.75, 3.05) is 19.0 Å². The number of hydrogen-bond acceptors (Lipinski definition) is 5. The van der Waals surface area contributed by atoms with E-state index in [1.165, 1.54) is 11.4 Å². The molecule has 1 unspecified atom stereocenters. The average Bonchev–Trinajstić information content (AvgIpc) is 2.79. The van der Waals surface area contributed by atoms with Gasteiger partial charge in [-0.05, 0) is 42.7 Å². The van der Waals surface area contributed by atoms with Crippen LogP contribution in [0.4, 0.5) is 10.5 Å². The second kappa shape index (κ2) is 9.73. The number of ether oxygens (including phenoxy) is 1. The number of piperidine rings is 1. The highest BCUT2D eigenvalue weighted by Gasteiger charge is 2.37. The number of rotatable bonds is 6. The van der Waals surface area contributed by atoms with Gasteiger partial charge in [0.25, 0.3) is 0 Å². The summed E-state index contributed by atoms with van der Waals surface area (Å²) in [5.74, 6) is -0.314. The van der Waals surface area contributed by atoms with Crippen molar-refractivity contribution in [3.05, 3.63) is 60.2 Å². The Balaban J connectivity index is 1.65. The van der Waals surface area contributed by atoms with Crippen LogP contribution in [-0.2, 0) is 26.1 Å². The molecular formula is C21H25N3O5S. The van der Waals surface area contributed by atoms with Gasteiger partial charge in [0.05, 0.1) is 12.0 Å². The lowest BCUT2D eigenvalue weighted by atomic mass is 10.0. The van der Waals surface area contributed by atoms with E-state index in [2.05, 4.69) is 15.4 Å². The highest BCUT2D eigenvalue weighted by Crippen LogP contribution is 2.25. The summed E-state index contributed by atoms with van der Waals surface area (Å²) in [6, 6.07) is 14.4. The number of methoxy groups -OCH3 is 1. The monoisotopic (exact) mass is 431 g/mol. The van der Waals surface area contributed by atoms with Crippen molar-refractivity contribution in [3.8, 4) is 0 Å². The van der Waals surface area contributed by atoms with Crippen LogP contribution in [0.3, 0.4) is 0 Å². The Morgan fingerprint density at radius 3 is 2.43 bits per heavy atom. The van der Waals surface area contributed by atoms with Crippen LogP contribution < -0.4 is 10.6 Å². The number of carbonyl (C=O) groups is 2. The molecule has 0 bridgehead atoms. The Hall–Kier alpha value is -2.91. The molecular weight excluding hydrogens is 406 g/mol. The van der Waals surface area contributed by atoms with Crippen molar-refractivity contribution >= 4 is 27.7 Å². The minimum Gasteiger partial charge on any atom is -0.453 e. The Kier molecular flexibility index (Phi) is 7.07. The number of amides is 2. The quantitative estimate of drug-likeness (QED) is 0.732. The van der Waals surface area contributed by atoms with E-state index in [9.17, 15) is 18.0 Å². The molecule has 9 heteroatoms. The lowest BCUT2D eigenvalue weighted by Gasteiger charge is -2.33. The fraction of sp³-hybridized carbons (Fsp3) is 0.333. The van der Waals surface area contributed by atoms with Gasteiger partial charge in [0.1, 0.15) is 6.04 Å². The van der Waals surface area contributed by atoms with Crippen LogP contribution >= 0.6 is 0 Å². The van der Waals surface area contributed by atoms with Gasteiger partial charge in [-0.2, -0.15) is 4.31 Å². The van der Waals surface area contributed by atoms with Crippen LogP contribution in [0.1, 0.15) is 24.8 Å². The van der Waals surface area contributed by atoms with Gasteiger partial charge in [-0.3, -0.25) is 10.1 Å². The second-order valence-electron chi connectivity index (χ2n) is 6.97. The molecule has 2 aromatic rings. The van der Waals surface area contributed by atoms with Crippen molar-refractivity contribution in [3.63, 3.8) is 0 Å². The molecule has 0 aromatic heterocycles. The van der Waals surface area contributed by atoms with Gasteiger partial charge in [0, 0.05) is 18.8 Å². The molecule has 3 rings (SSSR count). The summed E-state index contributed by atoms with van der Waals surface area (Å²) in [5, 5.41) is 5.39. The van der Waals surface area contributed by atoms with E-state index >= 15 is 0 Å². The maximum absolute atomic E-state index is 13.0. The van der Waals surface area contributed by atoms with Crippen LogP contribution in [-0.4, -0.2) is 44.4 Å². The largest absolute Gasteiger partial charge is 0.453 e. The Morgan fingerprint density at radius 1 is 1.07 bits per heavy atom. The third-order valence-electron chi connectivity index (χ3n) is 4.96. The number of hydrogen-bond donors (Lipinski definition) is 2. The predicted molar refractivity (Wildman–Crippen MR) is 112 cm³/mol. The third kappa shape index (κ3) is 5.17. The lowest BCUT2D eigenvalue weighted by molar-refractivity contribution is -0.125. The first-order valence-electron chi connectivity index (χ1n) is 9.70. The highest BCUT2D eigenvalue weighted by molar-refractivity contribution is 7.89. The molecule has 0 saturated carbocycles. The van der Waals surface area contributed by atoms with Gasteiger partial charge in [0.15, 0.2) is 0 Å². The SMILES string of the molecule is COC(=O)Nc1ccc(CNC(=O)C2CCCCN2S(=O)(=O)c2ccccc2)cc1. The number of anilines is 1. The van der Waals surface area contributed by atoms with E-state index in [0.717, 1.165) is 18.4 Å². The lowest BCUT2D eigenvalue weighted by Crippen LogP contribution is -2.51. The zero-order chi connectivity index (χ0) is 21.6. The topological polar surface area (TPSA) is 105 Å². The zero-order valence-electron chi connectivity index (χ0n) is 16.7. The maximum Gasteiger partial charge on any atom is 0.411 e. The van der Waals surface area contributed by atoms with Crippen LogP contribution in [0.15, 0.2) is 59.5 Å². The molecule has 30 heavy (non-hydrogen) atoms. The normalized spacial score (nSPS) is 17.2. The van der Waals surface area contributed by atoms with Crippen LogP contribution in [0.25, 0.3) is 0 Å². The number of sulfonamides is 1. The molecule has 1 fully saturated rings. The van der Waals surface area contributed by atoms with E-state index in [-0.39, 0.29) is 17.3 Å². The fourth-order valence-corrected chi connectivity index (χ4v) is 5.04. The van der Waals surface area contributed by atoms with Crippen molar-refractivity contribution in [2.45, 2.75) is 36.7 Å². The average molecular weight is 432 g/mol. The smallest absolute Gasteiger partial charge is 0.411 e. The molecule has 8 nitrogen and oxygen atoms in total. The summed E-state index contributed by atoms with van der Waals surface area (Å²) >= 11 is 0. The third-order valence-corrected chi connectivity index (χ3v) is 6.88. The second-order valence-corrected chi connectivity index (χ2v) is 8.86. The van der Waals surface area contributed by atoms with E-state index < -0.39 is 22.2 Å². The van der Waals surface area contributed by atoms with E-state index in [1.54, 1.807) is 54.6 Å². The summed E-state index contributed by atoms with van der Waals surface area (Å²) in [6.45, 7) is 0.580. The molecule has 0 radical (unpaired) electrons. The van der Waals surface area contributed by atoms with Gasteiger partial charge in [0.2, 0.25) is 15.9 Å². The molecule has 1 aliphatic rings. The van der Waals surface area contributed by atoms with Crippen molar-refractivity contribution in [1.82, 2.24) is 9.62 Å². The van der Waals surface area contributed by atoms with Crippen molar-refractivity contribution in [1.29, 1.82) is 0 Å². The van der Waals surface area contributed by atoms with Gasteiger partial charge < -0.3 is 10.1 Å². The summed E-state index contributed by atoms with van der Waals surface area (Å²) in [4.78, 5) is 24.2.